The van der Waals surface area contributed by atoms with E-state index in [4.69, 9.17) is 4.74 Å². The molecule has 1 aliphatic rings. The van der Waals surface area contributed by atoms with Gasteiger partial charge in [0.2, 0.25) is 5.91 Å². The van der Waals surface area contributed by atoms with Crippen LogP contribution in [0.1, 0.15) is 6.42 Å². The molecule has 5 heteroatoms. The number of fused-ring (bicyclic) bond motifs is 1. The van der Waals surface area contributed by atoms with Crippen LogP contribution in [0.4, 0.5) is 0 Å². The summed E-state index contributed by atoms with van der Waals surface area (Å²) >= 11 is 0. The number of rotatable bonds is 5. The number of nitrogens with one attached hydrogen (secondary N) is 1. The second-order valence-electron chi connectivity index (χ2n) is 5.88. The number of benzene rings is 1. The van der Waals surface area contributed by atoms with Gasteiger partial charge in [-0.3, -0.25) is 4.79 Å². The van der Waals surface area contributed by atoms with E-state index in [1.165, 1.54) is 10.9 Å². The quantitative estimate of drug-likeness (QED) is 0.910. The Morgan fingerprint density at radius 1 is 1.36 bits per heavy atom. The first-order valence-corrected chi connectivity index (χ1v) is 7.83. The fourth-order valence-corrected chi connectivity index (χ4v) is 2.86. The van der Waals surface area contributed by atoms with Crippen molar-refractivity contribution in [3.63, 3.8) is 0 Å². The molecule has 1 fully saturated rings. The number of ether oxygens (including phenoxy) is 1. The van der Waals surface area contributed by atoms with E-state index >= 15 is 0 Å². The van der Waals surface area contributed by atoms with Crippen LogP contribution in [-0.2, 0) is 16.1 Å². The van der Waals surface area contributed by atoms with Crippen molar-refractivity contribution < 1.29 is 9.53 Å². The predicted octanol–water partition coefficient (Wildman–Crippen LogP) is 1.48. The SMILES string of the molecule is CN1CCO[C@@H](CNC(=O)CCn2ccc3ccccc32)C1. The maximum absolute atomic E-state index is 12.0. The number of morpholine rings is 1. The third-order valence-corrected chi connectivity index (χ3v) is 4.13. The number of amides is 1. The van der Waals surface area contributed by atoms with Crippen molar-refractivity contribution in [2.75, 3.05) is 33.3 Å². The molecule has 1 atom stereocenters. The highest BCUT2D eigenvalue weighted by molar-refractivity contribution is 5.80. The van der Waals surface area contributed by atoms with E-state index in [0.717, 1.165) is 19.7 Å². The molecule has 5 nitrogen and oxygen atoms in total. The number of nitrogens with zero attached hydrogens (tertiary/aromatic N) is 2. The number of carbonyl (C=O) groups excluding carboxylic acids is 1. The molecule has 1 aliphatic heterocycles. The number of para-hydroxylation sites is 1. The molecule has 0 bridgehead atoms. The van der Waals surface area contributed by atoms with Crippen LogP contribution in [-0.4, -0.2) is 54.8 Å². The third kappa shape index (κ3) is 3.67. The van der Waals surface area contributed by atoms with Crippen molar-refractivity contribution in [2.24, 2.45) is 0 Å². The van der Waals surface area contributed by atoms with E-state index in [1.54, 1.807) is 0 Å². The number of likely N-dealkylation sites (N-methyl/N-ethyl adjacent to an activating group) is 1. The Labute approximate surface area is 130 Å². The van der Waals surface area contributed by atoms with Gasteiger partial charge in [0.1, 0.15) is 0 Å². The standard InChI is InChI=1S/C17H23N3O2/c1-19-10-11-22-15(13-19)12-18-17(21)7-9-20-8-6-14-4-2-3-5-16(14)20/h2-6,8,15H,7,9-13H2,1H3,(H,18,21)/t15-/m0/s1. The van der Waals surface area contributed by atoms with Gasteiger partial charge in [-0.05, 0) is 24.6 Å². The summed E-state index contributed by atoms with van der Waals surface area (Å²) in [6, 6.07) is 10.3. The summed E-state index contributed by atoms with van der Waals surface area (Å²) in [6.45, 7) is 3.88. The molecule has 1 amide bonds. The molecular weight excluding hydrogens is 278 g/mol. The Morgan fingerprint density at radius 3 is 3.09 bits per heavy atom. The first-order valence-electron chi connectivity index (χ1n) is 7.83. The maximum Gasteiger partial charge on any atom is 0.221 e. The highest BCUT2D eigenvalue weighted by Crippen LogP contribution is 2.15. The largest absolute Gasteiger partial charge is 0.374 e. The van der Waals surface area contributed by atoms with Crippen LogP contribution in [0.5, 0.6) is 0 Å². The van der Waals surface area contributed by atoms with Gasteiger partial charge in [0.15, 0.2) is 0 Å². The summed E-state index contributed by atoms with van der Waals surface area (Å²) in [4.78, 5) is 14.2. The lowest BCUT2D eigenvalue weighted by Gasteiger charge is -2.30. The lowest BCUT2D eigenvalue weighted by atomic mass is 10.2. The number of hydrogen-bond acceptors (Lipinski definition) is 3. The van der Waals surface area contributed by atoms with Crippen LogP contribution in [0, 0.1) is 0 Å². The van der Waals surface area contributed by atoms with E-state index in [2.05, 4.69) is 40.0 Å². The lowest BCUT2D eigenvalue weighted by Crippen LogP contribution is -2.46. The topological polar surface area (TPSA) is 46.5 Å². The Morgan fingerprint density at radius 2 is 2.23 bits per heavy atom. The summed E-state index contributed by atoms with van der Waals surface area (Å²) in [5, 5.41) is 4.19. The second kappa shape index (κ2) is 6.94. The van der Waals surface area contributed by atoms with Gasteiger partial charge in [-0.2, -0.15) is 0 Å². The fraction of sp³-hybridized carbons (Fsp3) is 0.471. The van der Waals surface area contributed by atoms with Gasteiger partial charge in [0.05, 0.1) is 12.7 Å². The van der Waals surface area contributed by atoms with Crippen LogP contribution in [0.25, 0.3) is 10.9 Å². The van der Waals surface area contributed by atoms with Crippen molar-refractivity contribution in [3.05, 3.63) is 36.5 Å². The van der Waals surface area contributed by atoms with Crippen molar-refractivity contribution in [3.8, 4) is 0 Å². The lowest BCUT2D eigenvalue weighted by molar-refractivity contribution is -0.122. The molecule has 2 heterocycles. The van der Waals surface area contributed by atoms with Crippen LogP contribution in [0.2, 0.25) is 0 Å². The van der Waals surface area contributed by atoms with Crippen molar-refractivity contribution in [1.82, 2.24) is 14.8 Å². The van der Waals surface area contributed by atoms with Gasteiger partial charge >= 0.3 is 0 Å². The average Bonchev–Trinajstić information content (AvgIpc) is 2.94. The minimum Gasteiger partial charge on any atom is -0.374 e. The minimum atomic E-state index is 0.0783. The first kappa shape index (κ1) is 15.1. The number of aryl methyl sites for hydroxylation is 1. The Hall–Kier alpha value is -1.85. The van der Waals surface area contributed by atoms with E-state index in [1.807, 2.05) is 18.3 Å². The zero-order valence-corrected chi connectivity index (χ0v) is 13.0. The summed E-state index contributed by atoms with van der Waals surface area (Å²) < 4.78 is 7.77. The van der Waals surface area contributed by atoms with Gasteiger partial charge in [0.25, 0.3) is 0 Å². The van der Waals surface area contributed by atoms with Gasteiger partial charge in [-0.1, -0.05) is 18.2 Å². The van der Waals surface area contributed by atoms with E-state index in [-0.39, 0.29) is 12.0 Å². The molecule has 1 N–H and O–H groups in total. The second-order valence-corrected chi connectivity index (χ2v) is 5.88. The van der Waals surface area contributed by atoms with Crippen LogP contribution >= 0.6 is 0 Å². The van der Waals surface area contributed by atoms with Crippen molar-refractivity contribution in [2.45, 2.75) is 19.1 Å². The zero-order chi connectivity index (χ0) is 15.4. The molecule has 0 spiro atoms. The Kier molecular flexibility index (Phi) is 4.75. The van der Waals surface area contributed by atoms with Gasteiger partial charge in [-0.25, -0.2) is 0 Å². The first-order chi connectivity index (χ1) is 10.7. The molecule has 22 heavy (non-hydrogen) atoms. The molecule has 118 valence electrons. The average molecular weight is 301 g/mol. The molecule has 0 aliphatic carbocycles. The summed E-state index contributed by atoms with van der Waals surface area (Å²) in [6.07, 6.45) is 2.63. The van der Waals surface area contributed by atoms with Crippen LogP contribution in [0.3, 0.4) is 0 Å². The van der Waals surface area contributed by atoms with E-state index < -0.39 is 0 Å². The fourth-order valence-electron chi connectivity index (χ4n) is 2.86. The van der Waals surface area contributed by atoms with Gasteiger partial charge < -0.3 is 19.5 Å². The predicted molar refractivity (Wildman–Crippen MR) is 86.8 cm³/mol. The number of aromatic nitrogens is 1. The summed E-state index contributed by atoms with van der Waals surface area (Å²) in [5.41, 5.74) is 1.17. The molecule has 0 saturated carbocycles. The molecule has 0 radical (unpaired) electrons. The molecule has 0 unspecified atom stereocenters. The minimum absolute atomic E-state index is 0.0783. The molecule has 1 aromatic heterocycles. The maximum atomic E-state index is 12.0. The highest BCUT2D eigenvalue weighted by atomic mass is 16.5. The zero-order valence-electron chi connectivity index (χ0n) is 13.0. The van der Waals surface area contributed by atoms with Gasteiger partial charge in [-0.15, -0.1) is 0 Å². The van der Waals surface area contributed by atoms with E-state index in [0.29, 0.717) is 19.5 Å². The molecular formula is C17H23N3O2. The molecule has 3 rings (SSSR count). The third-order valence-electron chi connectivity index (χ3n) is 4.13. The smallest absolute Gasteiger partial charge is 0.221 e. The summed E-state index contributed by atoms with van der Waals surface area (Å²) in [7, 11) is 2.08. The molecule has 1 aromatic carbocycles. The monoisotopic (exact) mass is 301 g/mol. The van der Waals surface area contributed by atoms with Gasteiger partial charge in [0, 0.05) is 44.3 Å². The summed E-state index contributed by atoms with van der Waals surface area (Å²) in [5.74, 6) is 0.0783. The molecule has 2 aromatic rings. The van der Waals surface area contributed by atoms with Crippen molar-refractivity contribution in [1.29, 1.82) is 0 Å². The highest BCUT2D eigenvalue weighted by Gasteiger charge is 2.18. The Bertz CT molecular complexity index is 638. The van der Waals surface area contributed by atoms with Crippen LogP contribution in [0.15, 0.2) is 36.5 Å². The number of hydrogen-bond donors (Lipinski definition) is 1. The van der Waals surface area contributed by atoms with Crippen molar-refractivity contribution >= 4 is 16.8 Å². The number of carbonyl (C=O) groups is 1. The van der Waals surface area contributed by atoms with E-state index in [9.17, 15) is 4.79 Å². The normalized spacial score (nSPS) is 19.4. The molecule has 1 saturated heterocycles. The Balaban J connectivity index is 1.46. The van der Waals surface area contributed by atoms with Crippen LogP contribution < -0.4 is 5.32 Å².